The van der Waals surface area contributed by atoms with Gasteiger partial charge in [-0.15, -0.1) is 0 Å². The SMILES string of the molecule is CNC(CSC1CCCC1)c1ccccc1. The standard InChI is InChI=1S/C14H21NS/c1-15-14(12-7-3-2-4-8-12)11-16-13-9-5-6-10-13/h2-4,7-8,13-15H,5-6,9-11H2,1H3. The molecule has 0 heterocycles. The third-order valence-electron chi connectivity index (χ3n) is 3.35. The zero-order valence-electron chi connectivity index (χ0n) is 9.99. The molecule has 0 aliphatic heterocycles. The molecule has 1 aromatic rings. The van der Waals surface area contributed by atoms with Crippen LogP contribution in [-0.2, 0) is 0 Å². The highest BCUT2D eigenvalue weighted by Crippen LogP contribution is 2.31. The maximum atomic E-state index is 3.42. The van der Waals surface area contributed by atoms with E-state index < -0.39 is 0 Å². The molecular weight excluding hydrogens is 214 g/mol. The summed E-state index contributed by atoms with van der Waals surface area (Å²) >= 11 is 2.15. The van der Waals surface area contributed by atoms with Gasteiger partial charge in [-0.1, -0.05) is 43.2 Å². The lowest BCUT2D eigenvalue weighted by molar-refractivity contribution is 0.660. The molecule has 0 saturated heterocycles. The molecule has 2 heteroatoms. The average Bonchev–Trinajstić information content (AvgIpc) is 2.84. The Bertz CT molecular complexity index is 293. The van der Waals surface area contributed by atoms with Gasteiger partial charge in [0, 0.05) is 17.0 Å². The van der Waals surface area contributed by atoms with Gasteiger partial charge < -0.3 is 5.32 Å². The zero-order chi connectivity index (χ0) is 11.2. The first-order chi connectivity index (χ1) is 7.90. The van der Waals surface area contributed by atoms with Crippen molar-refractivity contribution in [3.8, 4) is 0 Å². The van der Waals surface area contributed by atoms with Crippen LogP contribution in [0.1, 0.15) is 37.3 Å². The lowest BCUT2D eigenvalue weighted by Crippen LogP contribution is -2.19. The molecule has 0 amide bonds. The Morgan fingerprint density at radius 2 is 1.94 bits per heavy atom. The van der Waals surface area contributed by atoms with Gasteiger partial charge in [0.2, 0.25) is 0 Å². The Hall–Kier alpha value is -0.470. The summed E-state index contributed by atoms with van der Waals surface area (Å²) in [6.45, 7) is 0. The molecule has 1 N–H and O–H groups in total. The molecule has 1 atom stereocenters. The predicted molar refractivity (Wildman–Crippen MR) is 73.0 cm³/mol. The third kappa shape index (κ3) is 3.26. The molecule has 1 nitrogen and oxygen atoms in total. The first-order valence-electron chi connectivity index (χ1n) is 6.24. The van der Waals surface area contributed by atoms with E-state index in [0.29, 0.717) is 6.04 Å². The van der Waals surface area contributed by atoms with Crippen molar-refractivity contribution in [1.82, 2.24) is 5.32 Å². The minimum absolute atomic E-state index is 0.506. The maximum absolute atomic E-state index is 3.42. The lowest BCUT2D eigenvalue weighted by atomic mass is 10.1. The largest absolute Gasteiger partial charge is 0.312 e. The Kier molecular flexibility index (Phi) is 4.73. The van der Waals surface area contributed by atoms with E-state index in [-0.39, 0.29) is 0 Å². The van der Waals surface area contributed by atoms with Gasteiger partial charge in [-0.05, 0) is 25.5 Å². The molecule has 0 spiro atoms. The molecule has 0 aromatic heterocycles. The minimum Gasteiger partial charge on any atom is -0.312 e. The summed E-state index contributed by atoms with van der Waals surface area (Å²) in [5, 5.41) is 4.34. The zero-order valence-corrected chi connectivity index (χ0v) is 10.8. The van der Waals surface area contributed by atoms with Gasteiger partial charge in [0.25, 0.3) is 0 Å². The normalized spacial score (nSPS) is 18.8. The molecule has 1 fully saturated rings. The van der Waals surface area contributed by atoms with E-state index in [9.17, 15) is 0 Å². The number of nitrogens with one attached hydrogen (secondary N) is 1. The van der Waals surface area contributed by atoms with Gasteiger partial charge in [0.05, 0.1) is 0 Å². The van der Waals surface area contributed by atoms with E-state index in [1.165, 1.54) is 37.0 Å². The molecule has 0 bridgehead atoms. The Morgan fingerprint density at radius 1 is 1.25 bits per heavy atom. The fraction of sp³-hybridized carbons (Fsp3) is 0.571. The van der Waals surface area contributed by atoms with Crippen molar-refractivity contribution in [2.75, 3.05) is 12.8 Å². The van der Waals surface area contributed by atoms with Crippen LogP contribution in [0.25, 0.3) is 0 Å². The van der Waals surface area contributed by atoms with Crippen LogP contribution in [0, 0.1) is 0 Å². The first kappa shape index (κ1) is 12.0. The fourth-order valence-electron chi connectivity index (χ4n) is 2.32. The van der Waals surface area contributed by atoms with Crippen molar-refractivity contribution in [3.05, 3.63) is 35.9 Å². The second-order valence-electron chi connectivity index (χ2n) is 4.49. The van der Waals surface area contributed by atoms with Crippen molar-refractivity contribution in [2.45, 2.75) is 37.0 Å². The number of rotatable bonds is 5. The number of benzene rings is 1. The summed E-state index contributed by atoms with van der Waals surface area (Å²) < 4.78 is 0. The van der Waals surface area contributed by atoms with Crippen LogP contribution < -0.4 is 5.32 Å². The van der Waals surface area contributed by atoms with E-state index in [1.807, 2.05) is 0 Å². The second kappa shape index (κ2) is 6.31. The number of hydrogen-bond acceptors (Lipinski definition) is 2. The number of thioether (sulfide) groups is 1. The topological polar surface area (TPSA) is 12.0 Å². The molecule has 1 unspecified atom stereocenters. The lowest BCUT2D eigenvalue weighted by Gasteiger charge is -2.18. The average molecular weight is 235 g/mol. The third-order valence-corrected chi connectivity index (χ3v) is 4.82. The van der Waals surface area contributed by atoms with Crippen molar-refractivity contribution in [1.29, 1.82) is 0 Å². The van der Waals surface area contributed by atoms with Crippen LogP contribution in [0.3, 0.4) is 0 Å². The summed E-state index contributed by atoms with van der Waals surface area (Å²) in [5.74, 6) is 1.20. The summed E-state index contributed by atoms with van der Waals surface area (Å²) in [5.41, 5.74) is 1.41. The summed E-state index contributed by atoms with van der Waals surface area (Å²) in [4.78, 5) is 0. The highest BCUT2D eigenvalue weighted by Gasteiger charge is 2.17. The predicted octanol–water partition coefficient (Wildman–Crippen LogP) is 3.62. The molecule has 1 aliphatic carbocycles. The van der Waals surface area contributed by atoms with Gasteiger partial charge in [-0.25, -0.2) is 0 Å². The second-order valence-corrected chi connectivity index (χ2v) is 5.83. The van der Waals surface area contributed by atoms with Crippen LogP contribution in [0.15, 0.2) is 30.3 Å². The van der Waals surface area contributed by atoms with E-state index in [1.54, 1.807) is 0 Å². The van der Waals surface area contributed by atoms with Gasteiger partial charge in [0.15, 0.2) is 0 Å². The highest BCUT2D eigenvalue weighted by molar-refractivity contribution is 7.99. The minimum atomic E-state index is 0.506. The van der Waals surface area contributed by atoms with Crippen molar-refractivity contribution >= 4 is 11.8 Å². The maximum Gasteiger partial charge on any atom is 0.0409 e. The van der Waals surface area contributed by atoms with Gasteiger partial charge in [0.1, 0.15) is 0 Å². The van der Waals surface area contributed by atoms with Crippen LogP contribution in [-0.4, -0.2) is 18.1 Å². The fourth-order valence-corrected chi connectivity index (χ4v) is 3.81. The van der Waals surface area contributed by atoms with Crippen LogP contribution in [0.4, 0.5) is 0 Å². The van der Waals surface area contributed by atoms with Gasteiger partial charge in [-0.2, -0.15) is 11.8 Å². The monoisotopic (exact) mass is 235 g/mol. The summed E-state index contributed by atoms with van der Waals surface area (Å²) in [7, 11) is 2.06. The van der Waals surface area contributed by atoms with Crippen LogP contribution in [0.2, 0.25) is 0 Å². The van der Waals surface area contributed by atoms with Gasteiger partial charge >= 0.3 is 0 Å². The van der Waals surface area contributed by atoms with Crippen molar-refractivity contribution < 1.29 is 0 Å². The van der Waals surface area contributed by atoms with Crippen molar-refractivity contribution in [3.63, 3.8) is 0 Å². The van der Waals surface area contributed by atoms with E-state index >= 15 is 0 Å². The highest BCUT2D eigenvalue weighted by atomic mass is 32.2. The van der Waals surface area contributed by atoms with Crippen LogP contribution >= 0.6 is 11.8 Å². The first-order valence-corrected chi connectivity index (χ1v) is 7.29. The number of hydrogen-bond donors (Lipinski definition) is 1. The summed E-state index contributed by atoms with van der Waals surface area (Å²) in [6.07, 6.45) is 5.73. The van der Waals surface area contributed by atoms with E-state index in [4.69, 9.17) is 0 Å². The molecule has 1 aliphatic rings. The Morgan fingerprint density at radius 3 is 2.56 bits per heavy atom. The van der Waals surface area contributed by atoms with Crippen LogP contribution in [0.5, 0.6) is 0 Å². The van der Waals surface area contributed by atoms with Gasteiger partial charge in [-0.3, -0.25) is 0 Å². The molecule has 2 rings (SSSR count). The Balaban J connectivity index is 1.85. The molecule has 1 aromatic carbocycles. The van der Waals surface area contributed by atoms with Crippen molar-refractivity contribution in [2.24, 2.45) is 0 Å². The molecule has 1 saturated carbocycles. The van der Waals surface area contributed by atoms with E-state index in [0.717, 1.165) is 5.25 Å². The summed E-state index contributed by atoms with van der Waals surface area (Å²) in [6, 6.07) is 11.3. The smallest absolute Gasteiger partial charge is 0.0409 e. The molecule has 0 radical (unpaired) electrons. The molecular formula is C14H21NS. The van der Waals surface area contributed by atoms with E-state index in [2.05, 4.69) is 54.5 Å². The quantitative estimate of drug-likeness (QED) is 0.836. The molecule has 88 valence electrons. The molecule has 16 heavy (non-hydrogen) atoms. The Labute approximate surface area is 103 Å².